The Balaban J connectivity index is 2.19. The van der Waals surface area contributed by atoms with E-state index >= 15 is 0 Å². The molecule has 216 valence electrons. The molecule has 0 radical (unpaired) electrons. The van der Waals surface area contributed by atoms with Crippen molar-refractivity contribution >= 4 is 33.7 Å². The molecule has 1 N–H and O–H groups in total. The van der Waals surface area contributed by atoms with Crippen molar-refractivity contribution in [3.05, 3.63) is 81.1 Å². The number of halogens is 10. The molecule has 0 fully saturated rings. The van der Waals surface area contributed by atoms with Crippen LogP contribution in [-0.4, -0.2) is 27.7 Å². The largest absolute Gasteiger partial charge is 0.465 e. The Morgan fingerprint density at radius 2 is 1.35 bits per heavy atom. The van der Waals surface area contributed by atoms with E-state index in [0.717, 1.165) is 15.9 Å². The third-order valence-electron chi connectivity index (χ3n) is 5.52. The Morgan fingerprint density at radius 3 is 1.80 bits per heavy atom. The van der Waals surface area contributed by atoms with Crippen molar-refractivity contribution in [2.24, 2.45) is 0 Å². The van der Waals surface area contributed by atoms with Gasteiger partial charge in [0.15, 0.2) is 0 Å². The van der Waals surface area contributed by atoms with Crippen LogP contribution in [0.3, 0.4) is 0 Å². The number of anilines is 2. The van der Waals surface area contributed by atoms with E-state index in [0.29, 0.717) is 28.7 Å². The Bertz CT molecular complexity index is 1330. The van der Waals surface area contributed by atoms with E-state index < -0.39 is 60.0 Å². The highest BCUT2D eigenvalue weighted by molar-refractivity contribution is 9.10. The van der Waals surface area contributed by atoms with Crippen molar-refractivity contribution in [3.8, 4) is 0 Å². The van der Waals surface area contributed by atoms with E-state index in [1.165, 1.54) is 19.3 Å². The molecule has 1 amide bonds. The summed E-state index contributed by atoms with van der Waals surface area (Å²) in [6, 6.07) is 3.13. The molecule has 3 aromatic rings. The van der Waals surface area contributed by atoms with Crippen molar-refractivity contribution < 1.29 is 49.4 Å². The maximum absolute atomic E-state index is 13.5. The molecule has 3 rings (SSSR count). The molecule has 0 spiro atoms. The SMILES string of the molecule is CCN(C(=O)O)c1ccc(C(F)(F)F)cc1CN(Cc1cc(C(F)(F)F)cc(C(F)(F)F)c1)c1ncc(Br)cn1. The number of carboxylic acid groups (broad SMARTS) is 1. The van der Waals surface area contributed by atoms with Crippen molar-refractivity contribution in [1.29, 1.82) is 0 Å². The van der Waals surface area contributed by atoms with Crippen LogP contribution in [-0.2, 0) is 31.6 Å². The van der Waals surface area contributed by atoms with E-state index in [4.69, 9.17) is 0 Å². The lowest BCUT2D eigenvalue weighted by molar-refractivity contribution is -0.143. The zero-order valence-corrected chi connectivity index (χ0v) is 21.8. The monoisotopic (exact) mass is 644 g/mol. The number of aromatic nitrogens is 2. The third kappa shape index (κ3) is 7.55. The Labute approximate surface area is 229 Å². The summed E-state index contributed by atoms with van der Waals surface area (Å²) < 4.78 is 121. The number of benzene rings is 2. The molecule has 0 saturated heterocycles. The second-order valence-corrected chi connectivity index (χ2v) is 9.26. The van der Waals surface area contributed by atoms with Crippen LogP contribution >= 0.6 is 15.9 Å². The van der Waals surface area contributed by atoms with Gasteiger partial charge in [0.1, 0.15) is 0 Å². The Hall–Kier alpha value is -3.56. The molecule has 0 aliphatic rings. The standard InChI is InChI=1S/C24H18BrF9N4O2/c1-2-38(21(39)40)19-4-3-15(22(26,27)28)7-14(19)12-37(20-35-9-18(25)10-36-20)11-13-5-16(23(29,30)31)8-17(6-13)24(32,33)34/h3-10H,2,11-12H2,1H3,(H,39,40). The molecule has 1 aromatic heterocycles. The fraction of sp³-hybridized carbons (Fsp3) is 0.292. The first-order chi connectivity index (χ1) is 18.4. The van der Waals surface area contributed by atoms with Gasteiger partial charge in [0.25, 0.3) is 0 Å². The molecule has 0 aliphatic carbocycles. The zero-order valence-electron chi connectivity index (χ0n) is 20.2. The second-order valence-electron chi connectivity index (χ2n) is 8.34. The van der Waals surface area contributed by atoms with Gasteiger partial charge >= 0.3 is 24.6 Å². The number of carbonyl (C=O) groups is 1. The molecule has 6 nitrogen and oxygen atoms in total. The summed E-state index contributed by atoms with van der Waals surface area (Å²) in [5, 5.41) is 9.56. The van der Waals surface area contributed by atoms with Crippen molar-refractivity contribution in [1.82, 2.24) is 9.97 Å². The maximum atomic E-state index is 13.5. The lowest BCUT2D eigenvalue weighted by Gasteiger charge is -2.28. The van der Waals surface area contributed by atoms with Crippen molar-refractivity contribution in [3.63, 3.8) is 0 Å². The first kappa shape index (κ1) is 31.0. The van der Waals surface area contributed by atoms with Gasteiger partial charge in [-0.15, -0.1) is 0 Å². The van der Waals surface area contributed by atoms with Crippen LogP contribution in [0.2, 0.25) is 0 Å². The summed E-state index contributed by atoms with van der Waals surface area (Å²) in [6.07, 6.45) is -14.2. The normalized spacial score (nSPS) is 12.4. The molecule has 0 unspecified atom stereocenters. The van der Waals surface area contributed by atoms with Crippen molar-refractivity contribution in [2.45, 2.75) is 38.5 Å². The molecule has 0 aliphatic heterocycles. The van der Waals surface area contributed by atoms with E-state index in [9.17, 15) is 49.4 Å². The fourth-order valence-corrected chi connectivity index (χ4v) is 3.97. The Morgan fingerprint density at radius 1 is 0.825 bits per heavy atom. The molecule has 2 aromatic carbocycles. The van der Waals surface area contributed by atoms with Gasteiger partial charge in [0.05, 0.1) is 26.9 Å². The number of nitrogens with zero attached hydrogens (tertiary/aromatic N) is 4. The van der Waals surface area contributed by atoms with Crippen molar-refractivity contribution in [2.75, 3.05) is 16.3 Å². The van der Waals surface area contributed by atoms with Gasteiger partial charge < -0.3 is 10.0 Å². The predicted octanol–water partition coefficient (Wildman–Crippen LogP) is 8.01. The van der Waals surface area contributed by atoms with Crippen LogP contribution in [0.1, 0.15) is 34.7 Å². The fourth-order valence-electron chi connectivity index (χ4n) is 3.76. The van der Waals surface area contributed by atoms with Crippen LogP contribution in [0.5, 0.6) is 0 Å². The highest BCUT2D eigenvalue weighted by atomic mass is 79.9. The van der Waals surface area contributed by atoms with Gasteiger partial charge in [-0.3, -0.25) is 4.90 Å². The maximum Gasteiger partial charge on any atom is 0.416 e. The zero-order chi connectivity index (χ0) is 30.0. The first-order valence-corrected chi connectivity index (χ1v) is 11.9. The lowest BCUT2D eigenvalue weighted by Crippen LogP contribution is -2.32. The highest BCUT2D eigenvalue weighted by Gasteiger charge is 2.37. The van der Waals surface area contributed by atoms with Gasteiger partial charge in [-0.05, 0) is 70.4 Å². The minimum absolute atomic E-state index is 0.0547. The molecule has 16 heteroatoms. The third-order valence-corrected chi connectivity index (χ3v) is 5.93. The number of alkyl halides is 9. The average Bonchev–Trinajstić information content (AvgIpc) is 2.83. The Kier molecular flexibility index (Phi) is 8.91. The molecular weight excluding hydrogens is 627 g/mol. The number of rotatable bonds is 7. The van der Waals surface area contributed by atoms with E-state index in [-0.39, 0.29) is 29.8 Å². The molecule has 0 atom stereocenters. The lowest BCUT2D eigenvalue weighted by atomic mass is 10.0. The molecular formula is C24H18BrF9N4O2. The van der Waals surface area contributed by atoms with Crippen LogP contribution in [0.15, 0.2) is 53.3 Å². The summed E-state index contributed by atoms with van der Waals surface area (Å²) >= 11 is 3.09. The second kappa shape index (κ2) is 11.5. The van der Waals surface area contributed by atoms with Crippen LogP contribution in [0.25, 0.3) is 0 Å². The van der Waals surface area contributed by atoms with Gasteiger partial charge in [-0.2, -0.15) is 39.5 Å². The van der Waals surface area contributed by atoms with Crippen LogP contribution in [0.4, 0.5) is 55.9 Å². The minimum Gasteiger partial charge on any atom is -0.465 e. The van der Waals surface area contributed by atoms with Gasteiger partial charge in [-0.25, -0.2) is 14.8 Å². The van der Waals surface area contributed by atoms with E-state index in [1.807, 2.05) is 0 Å². The molecule has 40 heavy (non-hydrogen) atoms. The van der Waals surface area contributed by atoms with Gasteiger partial charge in [0.2, 0.25) is 5.95 Å². The quantitative estimate of drug-likeness (QED) is 0.264. The van der Waals surface area contributed by atoms with E-state index in [2.05, 4.69) is 25.9 Å². The summed E-state index contributed by atoms with van der Waals surface area (Å²) in [6.45, 7) is -0.0662. The van der Waals surface area contributed by atoms with Crippen LogP contribution in [0, 0.1) is 0 Å². The molecule has 0 saturated carbocycles. The van der Waals surface area contributed by atoms with Crippen LogP contribution < -0.4 is 9.80 Å². The number of hydrogen-bond acceptors (Lipinski definition) is 4. The van der Waals surface area contributed by atoms with Gasteiger partial charge in [-0.1, -0.05) is 0 Å². The summed E-state index contributed by atoms with van der Waals surface area (Å²) in [7, 11) is 0. The smallest absolute Gasteiger partial charge is 0.416 e. The predicted molar refractivity (Wildman–Crippen MR) is 129 cm³/mol. The summed E-state index contributed by atoms with van der Waals surface area (Å²) in [4.78, 5) is 21.5. The van der Waals surface area contributed by atoms with E-state index in [1.54, 1.807) is 0 Å². The topological polar surface area (TPSA) is 69.6 Å². The molecule has 1 heterocycles. The summed E-state index contributed by atoms with van der Waals surface area (Å²) in [5.41, 5.74) is -5.23. The minimum atomic E-state index is -5.13. The molecule has 0 bridgehead atoms. The average molecular weight is 645 g/mol. The number of hydrogen-bond donors (Lipinski definition) is 1. The summed E-state index contributed by atoms with van der Waals surface area (Å²) in [5.74, 6) is -0.254. The first-order valence-electron chi connectivity index (χ1n) is 11.1. The number of amides is 1. The highest BCUT2D eigenvalue weighted by Crippen LogP contribution is 2.38. The van der Waals surface area contributed by atoms with Gasteiger partial charge in [0, 0.05) is 32.0 Å².